The lowest BCUT2D eigenvalue weighted by Gasteiger charge is -2.12. The molecule has 5 heteroatoms. The van der Waals surface area contributed by atoms with Crippen LogP contribution < -0.4 is 16.4 Å². The Morgan fingerprint density at radius 1 is 1.47 bits per heavy atom. The van der Waals surface area contributed by atoms with Crippen molar-refractivity contribution in [3.8, 4) is 12.3 Å². The Hall–Kier alpha value is -1.54. The summed E-state index contributed by atoms with van der Waals surface area (Å²) in [5.41, 5.74) is 5.49. The molecule has 5 nitrogen and oxygen atoms in total. The van der Waals surface area contributed by atoms with Crippen LogP contribution in [0, 0.1) is 12.3 Å². The van der Waals surface area contributed by atoms with Crippen molar-refractivity contribution < 1.29 is 9.59 Å². The first kappa shape index (κ1) is 15.5. The minimum Gasteiger partial charge on any atom is -0.354 e. The summed E-state index contributed by atoms with van der Waals surface area (Å²) in [6.07, 6.45) is 6.37. The Morgan fingerprint density at radius 2 is 2.12 bits per heavy atom. The minimum absolute atomic E-state index is 0.0785. The maximum absolute atomic E-state index is 11.4. The normalized spacial score (nSPS) is 13.3. The van der Waals surface area contributed by atoms with Crippen LogP contribution in [-0.4, -0.2) is 30.4 Å². The zero-order chi connectivity index (χ0) is 13.3. The number of carbonyl (C=O) groups excluding carboxylic acids is 2. The van der Waals surface area contributed by atoms with Crippen LogP contribution in [0.1, 0.15) is 33.1 Å². The molecule has 0 fully saturated rings. The molecule has 2 unspecified atom stereocenters. The van der Waals surface area contributed by atoms with Crippen molar-refractivity contribution in [1.29, 1.82) is 0 Å². The molecule has 2 amide bonds. The maximum Gasteiger partial charge on any atom is 0.237 e. The molecule has 2 atom stereocenters. The fourth-order valence-corrected chi connectivity index (χ4v) is 1.10. The summed E-state index contributed by atoms with van der Waals surface area (Å²) in [5.74, 6) is 1.92. The van der Waals surface area contributed by atoms with Gasteiger partial charge in [0.15, 0.2) is 0 Å². The third kappa shape index (κ3) is 7.36. The second-order valence-corrected chi connectivity index (χ2v) is 3.93. The first-order valence-electron chi connectivity index (χ1n) is 5.77. The van der Waals surface area contributed by atoms with E-state index in [9.17, 15) is 9.59 Å². The lowest BCUT2D eigenvalue weighted by atomic mass is 10.2. The van der Waals surface area contributed by atoms with Gasteiger partial charge in [0.2, 0.25) is 11.8 Å². The molecule has 0 spiro atoms. The van der Waals surface area contributed by atoms with E-state index in [4.69, 9.17) is 12.2 Å². The van der Waals surface area contributed by atoms with Gasteiger partial charge in [-0.1, -0.05) is 6.92 Å². The van der Waals surface area contributed by atoms with Gasteiger partial charge in [0.25, 0.3) is 0 Å². The first-order chi connectivity index (χ1) is 8.01. The van der Waals surface area contributed by atoms with Crippen molar-refractivity contribution >= 4 is 11.8 Å². The summed E-state index contributed by atoms with van der Waals surface area (Å²) < 4.78 is 0. The summed E-state index contributed by atoms with van der Waals surface area (Å²) in [6, 6.07) is -0.542. The molecule has 0 aliphatic rings. The van der Waals surface area contributed by atoms with Gasteiger partial charge in [-0.25, -0.2) is 0 Å². The van der Waals surface area contributed by atoms with E-state index >= 15 is 0 Å². The van der Waals surface area contributed by atoms with Gasteiger partial charge in [0.1, 0.15) is 0 Å². The average molecular weight is 239 g/mol. The molecule has 0 saturated heterocycles. The van der Waals surface area contributed by atoms with Crippen LogP contribution in [0.15, 0.2) is 0 Å². The van der Waals surface area contributed by atoms with E-state index in [0.29, 0.717) is 0 Å². The van der Waals surface area contributed by atoms with Gasteiger partial charge in [-0.05, 0) is 13.3 Å². The lowest BCUT2D eigenvalue weighted by Crippen LogP contribution is -2.42. The fraction of sp³-hybridized carbons (Fsp3) is 0.667. The van der Waals surface area contributed by atoms with Gasteiger partial charge in [-0.3, -0.25) is 9.59 Å². The second kappa shape index (κ2) is 8.59. The number of rotatable bonds is 7. The van der Waals surface area contributed by atoms with E-state index in [-0.39, 0.29) is 37.2 Å². The van der Waals surface area contributed by atoms with Gasteiger partial charge < -0.3 is 16.4 Å². The van der Waals surface area contributed by atoms with Gasteiger partial charge in [0.05, 0.1) is 6.04 Å². The molecular weight excluding hydrogens is 218 g/mol. The number of nitrogens with one attached hydrogen (secondary N) is 2. The molecule has 0 saturated carbocycles. The standard InChI is InChI=1S/C12H21N3O2/c1-4-6-10(13)12(17)14-8-7-11(16)15-9(3)5-2/h1,9-10H,5-8,13H2,2-3H3,(H,14,17)(H,15,16). The molecule has 0 radical (unpaired) electrons. The van der Waals surface area contributed by atoms with Crippen molar-refractivity contribution in [3.63, 3.8) is 0 Å². The van der Waals surface area contributed by atoms with Crippen LogP contribution in [0.4, 0.5) is 0 Å². The predicted molar refractivity (Wildman–Crippen MR) is 66.9 cm³/mol. The SMILES string of the molecule is C#CCC(N)C(=O)NCCC(=O)NC(C)CC. The van der Waals surface area contributed by atoms with Crippen LogP contribution in [0.25, 0.3) is 0 Å². The van der Waals surface area contributed by atoms with Gasteiger partial charge in [-0.2, -0.15) is 0 Å². The van der Waals surface area contributed by atoms with Crippen LogP contribution in [0.2, 0.25) is 0 Å². The Morgan fingerprint density at radius 3 is 2.65 bits per heavy atom. The number of carbonyl (C=O) groups is 2. The maximum atomic E-state index is 11.4. The van der Waals surface area contributed by atoms with Crippen LogP contribution in [0.3, 0.4) is 0 Å². The average Bonchev–Trinajstić information content (AvgIpc) is 2.28. The van der Waals surface area contributed by atoms with Gasteiger partial charge in [-0.15, -0.1) is 12.3 Å². The lowest BCUT2D eigenvalue weighted by molar-refractivity contribution is -0.123. The highest BCUT2D eigenvalue weighted by atomic mass is 16.2. The molecule has 0 heterocycles. The van der Waals surface area contributed by atoms with Crippen LogP contribution in [0.5, 0.6) is 0 Å². The molecule has 96 valence electrons. The molecule has 0 bridgehead atoms. The molecule has 0 aliphatic heterocycles. The number of terminal acetylenes is 1. The van der Waals surface area contributed by atoms with Crippen molar-refractivity contribution in [2.75, 3.05) is 6.54 Å². The quantitative estimate of drug-likeness (QED) is 0.536. The Balaban J connectivity index is 3.73. The first-order valence-corrected chi connectivity index (χ1v) is 5.77. The molecule has 0 rings (SSSR count). The summed E-state index contributed by atoms with van der Waals surface area (Å²) in [7, 11) is 0. The van der Waals surface area contributed by atoms with Crippen LogP contribution >= 0.6 is 0 Å². The summed E-state index contributed by atoms with van der Waals surface area (Å²) in [6.45, 7) is 4.20. The van der Waals surface area contributed by atoms with Crippen molar-refractivity contribution in [1.82, 2.24) is 10.6 Å². The van der Waals surface area contributed by atoms with E-state index in [0.717, 1.165) is 6.42 Å². The number of hydrogen-bond donors (Lipinski definition) is 3. The third-order valence-electron chi connectivity index (χ3n) is 2.35. The topological polar surface area (TPSA) is 84.2 Å². The largest absolute Gasteiger partial charge is 0.354 e. The molecule has 0 aromatic carbocycles. The zero-order valence-corrected chi connectivity index (χ0v) is 10.5. The highest BCUT2D eigenvalue weighted by Gasteiger charge is 2.12. The Labute approximate surface area is 103 Å². The Kier molecular flexibility index (Phi) is 7.82. The van der Waals surface area contributed by atoms with Crippen molar-refractivity contribution in [2.45, 2.75) is 45.2 Å². The van der Waals surface area contributed by atoms with Crippen molar-refractivity contribution in [3.05, 3.63) is 0 Å². The monoisotopic (exact) mass is 239 g/mol. The summed E-state index contributed by atoms with van der Waals surface area (Å²) >= 11 is 0. The minimum atomic E-state index is -0.697. The van der Waals surface area contributed by atoms with E-state index in [1.165, 1.54) is 0 Å². The van der Waals surface area contributed by atoms with Crippen LogP contribution in [-0.2, 0) is 9.59 Å². The van der Waals surface area contributed by atoms with Crippen molar-refractivity contribution in [2.24, 2.45) is 5.73 Å². The van der Waals surface area contributed by atoms with E-state index in [1.807, 2.05) is 13.8 Å². The van der Waals surface area contributed by atoms with E-state index in [2.05, 4.69) is 16.6 Å². The third-order valence-corrected chi connectivity index (χ3v) is 2.35. The second-order valence-electron chi connectivity index (χ2n) is 3.93. The molecule has 0 aliphatic carbocycles. The van der Waals surface area contributed by atoms with Gasteiger partial charge in [0, 0.05) is 25.4 Å². The smallest absolute Gasteiger partial charge is 0.237 e. The zero-order valence-electron chi connectivity index (χ0n) is 10.5. The molecule has 4 N–H and O–H groups in total. The van der Waals surface area contributed by atoms with E-state index < -0.39 is 6.04 Å². The molecule has 0 aromatic rings. The molecular formula is C12H21N3O2. The van der Waals surface area contributed by atoms with Gasteiger partial charge >= 0.3 is 0 Å². The number of hydrogen-bond acceptors (Lipinski definition) is 3. The summed E-state index contributed by atoms with van der Waals surface area (Å²) in [5, 5.41) is 5.37. The molecule has 17 heavy (non-hydrogen) atoms. The highest BCUT2D eigenvalue weighted by Crippen LogP contribution is 1.90. The fourth-order valence-electron chi connectivity index (χ4n) is 1.10. The highest BCUT2D eigenvalue weighted by molar-refractivity contribution is 5.82. The number of nitrogens with two attached hydrogens (primary N) is 1. The summed E-state index contributed by atoms with van der Waals surface area (Å²) in [4.78, 5) is 22.7. The Bertz CT molecular complexity index is 297. The predicted octanol–water partition coefficient (Wildman–Crippen LogP) is -0.242. The number of amides is 2. The molecule has 0 aromatic heterocycles. The van der Waals surface area contributed by atoms with E-state index in [1.54, 1.807) is 0 Å².